The Morgan fingerprint density at radius 3 is 2.10 bits per heavy atom. The maximum absolute atomic E-state index is 13.2. The van der Waals surface area contributed by atoms with Crippen molar-refractivity contribution in [2.45, 2.75) is 16.2 Å². The van der Waals surface area contributed by atoms with E-state index in [1.165, 1.54) is 24.3 Å². The van der Waals surface area contributed by atoms with E-state index >= 15 is 0 Å². The zero-order valence-electron chi connectivity index (χ0n) is 15.8. The number of anilines is 1. The van der Waals surface area contributed by atoms with Crippen LogP contribution in [-0.2, 0) is 19.7 Å². The fraction of sp³-hybridized carbons (Fsp3) is 0.400. The summed E-state index contributed by atoms with van der Waals surface area (Å²) >= 11 is 5.88. The number of benzene rings is 2. The molecule has 2 aromatic carbocycles. The third-order valence-corrected chi connectivity index (χ3v) is 10.1. The van der Waals surface area contributed by atoms with E-state index in [1.54, 1.807) is 0 Å². The first-order valence-electron chi connectivity index (χ1n) is 9.50. The summed E-state index contributed by atoms with van der Waals surface area (Å²) in [6.45, 7) is 2.71. The summed E-state index contributed by atoms with van der Waals surface area (Å²) in [5, 5.41) is -0.520. The Bertz CT molecular complexity index is 1070. The molecule has 29 heavy (non-hydrogen) atoms. The van der Waals surface area contributed by atoms with E-state index in [0.717, 1.165) is 18.8 Å². The summed E-state index contributed by atoms with van der Waals surface area (Å²) in [6, 6.07) is 15.4. The van der Waals surface area contributed by atoms with E-state index in [4.69, 9.17) is 11.6 Å². The minimum Gasteiger partial charge on any atom is -0.369 e. The van der Waals surface area contributed by atoms with Crippen molar-refractivity contribution in [1.29, 1.82) is 0 Å². The van der Waals surface area contributed by atoms with Crippen molar-refractivity contribution in [3.8, 4) is 0 Å². The number of hydrogen-bond donors (Lipinski definition) is 0. The largest absolute Gasteiger partial charge is 0.369 e. The van der Waals surface area contributed by atoms with Gasteiger partial charge in [-0.25, -0.2) is 16.8 Å². The molecule has 4 rings (SSSR count). The zero-order chi connectivity index (χ0) is 20.6. The average molecular weight is 455 g/mol. The van der Waals surface area contributed by atoms with Gasteiger partial charge < -0.3 is 4.90 Å². The summed E-state index contributed by atoms with van der Waals surface area (Å²) in [7, 11) is -7.20. The lowest BCUT2D eigenvalue weighted by Crippen LogP contribution is -2.55. The van der Waals surface area contributed by atoms with E-state index < -0.39 is 31.0 Å². The molecule has 2 unspecified atom stereocenters. The Morgan fingerprint density at radius 1 is 0.862 bits per heavy atom. The van der Waals surface area contributed by atoms with Crippen molar-refractivity contribution < 1.29 is 16.8 Å². The van der Waals surface area contributed by atoms with Crippen molar-refractivity contribution in [2.24, 2.45) is 0 Å². The van der Waals surface area contributed by atoms with E-state index in [1.807, 2.05) is 35.2 Å². The molecule has 156 valence electrons. The van der Waals surface area contributed by atoms with Crippen LogP contribution in [0, 0.1) is 0 Å². The molecule has 2 heterocycles. The second kappa shape index (κ2) is 7.91. The van der Waals surface area contributed by atoms with Crippen molar-refractivity contribution in [2.75, 3.05) is 42.6 Å². The molecule has 9 heteroatoms. The molecule has 6 nitrogen and oxygen atoms in total. The molecular weight excluding hydrogens is 432 g/mol. The third-order valence-electron chi connectivity index (χ3n) is 5.72. The summed E-state index contributed by atoms with van der Waals surface area (Å²) in [4.78, 5) is 4.39. The van der Waals surface area contributed by atoms with Crippen LogP contribution < -0.4 is 4.90 Å². The summed E-state index contributed by atoms with van der Waals surface area (Å²) in [6.07, 6.45) is 0. The molecule has 0 amide bonds. The molecule has 2 atom stereocenters. The molecule has 2 aromatic rings. The van der Waals surface area contributed by atoms with Gasteiger partial charge in [0.05, 0.1) is 21.7 Å². The zero-order valence-corrected chi connectivity index (χ0v) is 18.2. The first-order chi connectivity index (χ1) is 13.8. The number of nitrogens with zero attached hydrogens (tertiary/aromatic N) is 2. The van der Waals surface area contributed by atoms with Gasteiger partial charge in [0.15, 0.2) is 19.7 Å². The smallest absolute Gasteiger partial charge is 0.183 e. The third kappa shape index (κ3) is 4.30. The molecule has 0 saturated carbocycles. The Kier molecular flexibility index (Phi) is 5.63. The lowest BCUT2D eigenvalue weighted by Gasteiger charge is -2.40. The highest BCUT2D eigenvalue weighted by molar-refractivity contribution is 7.96. The van der Waals surface area contributed by atoms with Crippen LogP contribution in [0.3, 0.4) is 0 Å². The quantitative estimate of drug-likeness (QED) is 0.704. The van der Waals surface area contributed by atoms with Crippen LogP contribution in [0.5, 0.6) is 0 Å². The fourth-order valence-corrected chi connectivity index (χ4v) is 9.14. The van der Waals surface area contributed by atoms with Gasteiger partial charge in [-0.1, -0.05) is 29.8 Å². The molecule has 0 N–H and O–H groups in total. The molecule has 0 aliphatic carbocycles. The van der Waals surface area contributed by atoms with Gasteiger partial charge in [-0.05, 0) is 36.4 Å². The SMILES string of the molecule is O=S1(=O)CC(N2CCN(c3ccccc3)CC2)C(S(=O)(=O)c2ccc(Cl)cc2)C1. The van der Waals surface area contributed by atoms with Gasteiger partial charge in [0.1, 0.15) is 0 Å². The predicted octanol–water partition coefficient (Wildman–Crippen LogP) is 2.10. The normalized spacial score (nSPS) is 25.2. The van der Waals surface area contributed by atoms with Crippen LogP contribution in [0.1, 0.15) is 0 Å². The number of sulfone groups is 2. The van der Waals surface area contributed by atoms with Crippen LogP contribution in [0.2, 0.25) is 5.02 Å². The number of para-hydroxylation sites is 1. The van der Waals surface area contributed by atoms with Crippen molar-refractivity contribution in [3.63, 3.8) is 0 Å². The van der Waals surface area contributed by atoms with Crippen molar-refractivity contribution in [1.82, 2.24) is 4.90 Å². The average Bonchev–Trinajstić information content (AvgIpc) is 3.05. The summed E-state index contributed by atoms with van der Waals surface area (Å²) < 4.78 is 51.2. The number of rotatable bonds is 4. The molecule has 0 spiro atoms. The van der Waals surface area contributed by atoms with E-state index in [2.05, 4.69) is 4.90 Å². The highest BCUT2D eigenvalue weighted by Gasteiger charge is 2.48. The standard InChI is InChI=1S/C20H23ClN2O4S2/c21-16-6-8-18(9-7-16)29(26,27)20-15-28(24,25)14-19(20)23-12-10-22(11-13-23)17-4-2-1-3-5-17/h1-9,19-20H,10-15H2. The highest BCUT2D eigenvalue weighted by atomic mass is 35.5. The number of halogens is 1. The fourth-order valence-electron chi connectivity index (χ4n) is 4.18. The van der Waals surface area contributed by atoms with Gasteiger partial charge >= 0.3 is 0 Å². The predicted molar refractivity (Wildman–Crippen MR) is 115 cm³/mol. The van der Waals surface area contributed by atoms with Crippen molar-refractivity contribution in [3.05, 3.63) is 59.6 Å². The first kappa shape index (κ1) is 20.7. The van der Waals surface area contributed by atoms with Crippen LogP contribution in [0.15, 0.2) is 59.5 Å². The molecule has 0 radical (unpaired) electrons. The molecule has 2 saturated heterocycles. The molecule has 2 aliphatic heterocycles. The summed E-state index contributed by atoms with van der Waals surface area (Å²) in [5.74, 6) is -0.447. The Hall–Kier alpha value is -1.61. The first-order valence-corrected chi connectivity index (χ1v) is 13.2. The number of hydrogen-bond acceptors (Lipinski definition) is 6. The second-order valence-electron chi connectivity index (χ2n) is 7.54. The molecule has 0 aromatic heterocycles. The van der Waals surface area contributed by atoms with Gasteiger partial charge in [-0.2, -0.15) is 0 Å². The van der Waals surface area contributed by atoms with Crippen LogP contribution >= 0.6 is 11.6 Å². The Balaban J connectivity index is 1.55. The lowest BCUT2D eigenvalue weighted by molar-refractivity contribution is 0.201. The minimum absolute atomic E-state index is 0.115. The van der Waals surface area contributed by atoms with E-state index in [0.29, 0.717) is 18.1 Å². The van der Waals surface area contributed by atoms with Gasteiger partial charge in [0, 0.05) is 42.9 Å². The van der Waals surface area contributed by atoms with Crippen LogP contribution in [0.25, 0.3) is 0 Å². The topological polar surface area (TPSA) is 74.8 Å². The van der Waals surface area contributed by atoms with Crippen molar-refractivity contribution >= 4 is 37.0 Å². The van der Waals surface area contributed by atoms with E-state index in [9.17, 15) is 16.8 Å². The van der Waals surface area contributed by atoms with E-state index in [-0.39, 0.29) is 16.4 Å². The Morgan fingerprint density at radius 2 is 1.48 bits per heavy atom. The molecular formula is C20H23ClN2O4S2. The molecule has 2 fully saturated rings. The lowest BCUT2D eigenvalue weighted by atomic mass is 10.1. The van der Waals surface area contributed by atoms with Gasteiger partial charge in [-0.15, -0.1) is 0 Å². The number of piperazine rings is 1. The Labute approximate surface area is 176 Å². The van der Waals surface area contributed by atoms with Gasteiger partial charge in [-0.3, -0.25) is 4.90 Å². The molecule has 0 bridgehead atoms. The maximum Gasteiger partial charge on any atom is 0.183 e. The van der Waals surface area contributed by atoms with Gasteiger partial charge in [0.25, 0.3) is 0 Å². The van der Waals surface area contributed by atoms with Crippen LogP contribution in [-0.4, -0.2) is 70.7 Å². The minimum atomic E-state index is -3.78. The monoisotopic (exact) mass is 454 g/mol. The highest BCUT2D eigenvalue weighted by Crippen LogP contribution is 2.30. The second-order valence-corrected chi connectivity index (χ2v) is 12.3. The molecule has 2 aliphatic rings. The summed E-state index contributed by atoms with van der Waals surface area (Å²) in [5.41, 5.74) is 1.12. The van der Waals surface area contributed by atoms with Gasteiger partial charge in [0.2, 0.25) is 0 Å². The maximum atomic E-state index is 13.2. The van der Waals surface area contributed by atoms with Crippen LogP contribution in [0.4, 0.5) is 5.69 Å².